The van der Waals surface area contributed by atoms with Crippen molar-refractivity contribution in [1.29, 1.82) is 0 Å². The van der Waals surface area contributed by atoms with Gasteiger partial charge in [-0.3, -0.25) is 23.8 Å². The smallest absolute Gasteiger partial charge is 0.290 e. The minimum atomic E-state index is -0.250. The van der Waals surface area contributed by atoms with Crippen LogP contribution in [-0.4, -0.2) is 86.5 Å². The van der Waals surface area contributed by atoms with Gasteiger partial charge in [0, 0.05) is 44.5 Å². The number of carbonyl (C=O) groups is 3. The van der Waals surface area contributed by atoms with Crippen molar-refractivity contribution in [1.82, 2.24) is 29.6 Å². The van der Waals surface area contributed by atoms with E-state index in [0.29, 0.717) is 23.6 Å². The third-order valence-electron chi connectivity index (χ3n) is 6.32. The number of aromatic nitrogens is 4. The lowest BCUT2D eigenvalue weighted by molar-refractivity contribution is -0.123. The number of carbonyl (C=O) groups excluding carboxylic acids is 1. The van der Waals surface area contributed by atoms with Gasteiger partial charge < -0.3 is 30.6 Å². The Kier molecular flexibility index (Phi) is 8.64. The number of anilines is 3. The monoisotopic (exact) mass is 532 g/mol. The van der Waals surface area contributed by atoms with Gasteiger partial charge >= 0.3 is 0 Å². The van der Waals surface area contributed by atoms with Crippen molar-refractivity contribution < 1.29 is 24.6 Å². The van der Waals surface area contributed by atoms with Gasteiger partial charge in [-0.15, -0.1) is 0 Å². The first-order valence-corrected chi connectivity index (χ1v) is 12.1. The highest BCUT2D eigenvalue weighted by molar-refractivity contribution is 6.05. The lowest BCUT2D eigenvalue weighted by atomic mass is 10.1. The molecule has 1 amide bonds. The van der Waals surface area contributed by atoms with Crippen LogP contribution in [0.4, 0.5) is 17.3 Å². The molecular formula is C26H28N8O5. The number of imidazole rings is 1. The first-order valence-electron chi connectivity index (χ1n) is 12.1. The third-order valence-corrected chi connectivity index (χ3v) is 6.32. The quantitative estimate of drug-likeness (QED) is 0.284. The SMILES string of the molecule is CN1CCN(c2cccc(Nc3cnc(-c4cnc5ccccn45)c4c3C(=O)NC4)n2)CC1.O=CO.O=CO. The summed E-state index contributed by atoms with van der Waals surface area (Å²) in [6.45, 7) is 3.85. The molecule has 0 atom stereocenters. The van der Waals surface area contributed by atoms with Gasteiger partial charge in [0.2, 0.25) is 0 Å². The van der Waals surface area contributed by atoms with E-state index in [1.54, 1.807) is 12.4 Å². The molecule has 0 unspecified atom stereocenters. The molecule has 0 radical (unpaired) electrons. The van der Waals surface area contributed by atoms with Crippen LogP contribution in [0.5, 0.6) is 0 Å². The van der Waals surface area contributed by atoms with Crippen molar-refractivity contribution in [3.05, 3.63) is 66.1 Å². The number of likely N-dealkylation sites (N-methyl/N-ethyl adjacent to an activating group) is 1. The molecule has 6 heterocycles. The van der Waals surface area contributed by atoms with Gasteiger partial charge in [-0.05, 0) is 31.3 Å². The van der Waals surface area contributed by atoms with E-state index in [1.165, 1.54) is 0 Å². The Labute approximate surface area is 223 Å². The summed E-state index contributed by atoms with van der Waals surface area (Å²) in [5.41, 5.74) is 4.59. The van der Waals surface area contributed by atoms with E-state index in [9.17, 15) is 4.79 Å². The summed E-state index contributed by atoms with van der Waals surface area (Å²) < 4.78 is 1.99. The van der Waals surface area contributed by atoms with E-state index >= 15 is 0 Å². The summed E-state index contributed by atoms with van der Waals surface area (Å²) in [6.07, 6.45) is 5.47. The summed E-state index contributed by atoms with van der Waals surface area (Å²) in [4.78, 5) is 48.1. The number of rotatable bonds is 4. The first kappa shape index (κ1) is 27.0. The molecule has 1 saturated heterocycles. The van der Waals surface area contributed by atoms with Crippen molar-refractivity contribution in [3.8, 4) is 11.4 Å². The molecule has 0 aromatic carbocycles. The third kappa shape index (κ3) is 5.93. The van der Waals surface area contributed by atoms with Crippen LogP contribution in [0.25, 0.3) is 17.0 Å². The topological polar surface area (TPSA) is 165 Å². The Hall–Kier alpha value is -5.04. The summed E-state index contributed by atoms with van der Waals surface area (Å²) in [7, 11) is 2.14. The van der Waals surface area contributed by atoms with E-state index in [-0.39, 0.29) is 18.9 Å². The Bertz CT molecular complexity index is 1460. The minimum absolute atomic E-state index is 0.111. The van der Waals surface area contributed by atoms with Crippen LogP contribution in [0.1, 0.15) is 15.9 Å². The van der Waals surface area contributed by atoms with Crippen LogP contribution in [0.3, 0.4) is 0 Å². The summed E-state index contributed by atoms with van der Waals surface area (Å²) >= 11 is 0. The Morgan fingerprint density at radius 3 is 2.46 bits per heavy atom. The van der Waals surface area contributed by atoms with Gasteiger partial charge in [0.1, 0.15) is 17.3 Å². The number of hydrogen-bond acceptors (Lipinski definition) is 9. The molecule has 2 aliphatic rings. The predicted molar refractivity (Wildman–Crippen MR) is 144 cm³/mol. The summed E-state index contributed by atoms with van der Waals surface area (Å²) in [5, 5.41) is 20.1. The summed E-state index contributed by atoms with van der Waals surface area (Å²) in [5.74, 6) is 1.52. The zero-order chi connectivity index (χ0) is 27.8. The van der Waals surface area contributed by atoms with E-state index in [4.69, 9.17) is 29.8 Å². The van der Waals surface area contributed by atoms with E-state index in [1.807, 2.05) is 47.0 Å². The fourth-order valence-electron chi connectivity index (χ4n) is 4.51. The van der Waals surface area contributed by atoms with Crippen molar-refractivity contribution in [2.75, 3.05) is 43.4 Å². The number of fused-ring (bicyclic) bond motifs is 2. The molecule has 4 N–H and O–H groups in total. The predicted octanol–water partition coefficient (Wildman–Crippen LogP) is 1.93. The molecule has 13 heteroatoms. The van der Waals surface area contributed by atoms with Gasteiger partial charge in [-0.1, -0.05) is 12.1 Å². The van der Waals surface area contributed by atoms with E-state index < -0.39 is 0 Å². The van der Waals surface area contributed by atoms with Crippen molar-refractivity contribution in [2.45, 2.75) is 6.54 Å². The number of pyridine rings is 3. The van der Waals surface area contributed by atoms with Gasteiger partial charge in [0.25, 0.3) is 18.9 Å². The molecule has 0 aliphatic carbocycles. The van der Waals surface area contributed by atoms with Crippen LogP contribution in [0.2, 0.25) is 0 Å². The molecule has 0 bridgehead atoms. The standard InChI is InChI=1S/C24H24N8O.2CH2O2/c1-30-9-11-31(12-10-30)21-7-4-5-19(29-21)28-17-14-26-23(16-13-27-24(33)22(16)17)18-15-25-20-6-2-3-8-32(18)20;2*2-1-3/h2-8,14-15H,9-13H2,1H3,(H,27,33)(H,28,29);2*1H,(H,2,3). The lowest BCUT2D eigenvalue weighted by Gasteiger charge is -2.33. The second kappa shape index (κ2) is 12.5. The molecular weight excluding hydrogens is 504 g/mol. The van der Waals surface area contributed by atoms with Crippen molar-refractivity contribution >= 4 is 41.8 Å². The molecule has 202 valence electrons. The molecule has 1 fully saturated rings. The molecule has 0 spiro atoms. The molecule has 4 aromatic rings. The molecule has 0 saturated carbocycles. The maximum absolute atomic E-state index is 12.8. The number of nitrogens with zero attached hydrogens (tertiary/aromatic N) is 6. The van der Waals surface area contributed by atoms with E-state index in [2.05, 4.69) is 32.5 Å². The van der Waals surface area contributed by atoms with Crippen LogP contribution in [0, 0.1) is 0 Å². The molecule has 13 nitrogen and oxygen atoms in total. The van der Waals surface area contributed by atoms with Gasteiger partial charge in [0.15, 0.2) is 0 Å². The Balaban J connectivity index is 0.000000541. The largest absolute Gasteiger partial charge is 0.483 e. The number of carboxylic acid groups (broad SMARTS) is 2. The normalized spacial score (nSPS) is 14.3. The zero-order valence-electron chi connectivity index (χ0n) is 21.2. The number of hydrogen-bond donors (Lipinski definition) is 4. The Morgan fingerprint density at radius 1 is 0.974 bits per heavy atom. The van der Waals surface area contributed by atoms with Gasteiger partial charge in [-0.25, -0.2) is 9.97 Å². The van der Waals surface area contributed by atoms with Crippen LogP contribution in [-0.2, 0) is 16.1 Å². The molecule has 39 heavy (non-hydrogen) atoms. The van der Waals surface area contributed by atoms with Crippen molar-refractivity contribution in [3.63, 3.8) is 0 Å². The zero-order valence-corrected chi connectivity index (χ0v) is 21.2. The molecule has 4 aromatic heterocycles. The first-order chi connectivity index (χ1) is 19.0. The highest BCUT2D eigenvalue weighted by atomic mass is 16.3. The van der Waals surface area contributed by atoms with Crippen LogP contribution < -0.4 is 15.5 Å². The molecule has 2 aliphatic heterocycles. The highest BCUT2D eigenvalue weighted by Crippen LogP contribution is 2.33. The average Bonchev–Trinajstić information content (AvgIpc) is 3.55. The number of amides is 1. The van der Waals surface area contributed by atoms with Crippen LogP contribution >= 0.6 is 0 Å². The fraction of sp³-hybridized carbons (Fsp3) is 0.231. The van der Waals surface area contributed by atoms with Crippen LogP contribution in [0.15, 0.2) is 55.0 Å². The lowest BCUT2D eigenvalue weighted by Crippen LogP contribution is -2.44. The average molecular weight is 533 g/mol. The van der Waals surface area contributed by atoms with Gasteiger partial charge in [-0.2, -0.15) is 0 Å². The second-order valence-electron chi connectivity index (χ2n) is 8.64. The fourth-order valence-corrected chi connectivity index (χ4v) is 4.51. The maximum Gasteiger partial charge on any atom is 0.290 e. The van der Waals surface area contributed by atoms with Gasteiger partial charge in [0.05, 0.1) is 35.0 Å². The second-order valence-corrected chi connectivity index (χ2v) is 8.64. The minimum Gasteiger partial charge on any atom is -0.483 e. The maximum atomic E-state index is 12.8. The van der Waals surface area contributed by atoms with Crippen molar-refractivity contribution in [2.24, 2.45) is 0 Å². The summed E-state index contributed by atoms with van der Waals surface area (Å²) in [6, 6.07) is 11.8. The van der Waals surface area contributed by atoms with E-state index in [0.717, 1.165) is 54.6 Å². The number of piperazine rings is 1. The number of nitrogens with one attached hydrogen (secondary N) is 2. The molecule has 6 rings (SSSR count). The highest BCUT2D eigenvalue weighted by Gasteiger charge is 2.28. The Morgan fingerprint density at radius 2 is 1.72 bits per heavy atom.